The lowest BCUT2D eigenvalue weighted by Gasteiger charge is -2.09. The van der Waals surface area contributed by atoms with Gasteiger partial charge in [0.05, 0.1) is 18.6 Å². The minimum Gasteiger partial charge on any atom is -0.493 e. The molecule has 0 atom stereocenters. The normalized spacial score (nSPS) is 10.9. The Hall–Kier alpha value is -2.83. The third-order valence-electron chi connectivity index (χ3n) is 2.95. The first-order valence-corrected chi connectivity index (χ1v) is 6.66. The fraction of sp³-hybridized carbons (Fsp3) is 0.267. The van der Waals surface area contributed by atoms with Gasteiger partial charge in [-0.3, -0.25) is 10.1 Å². The van der Waals surface area contributed by atoms with E-state index in [-0.39, 0.29) is 17.1 Å². The van der Waals surface area contributed by atoms with Crippen LogP contribution in [0.25, 0.3) is 12.2 Å². The first-order chi connectivity index (χ1) is 10.6. The molecule has 0 saturated carbocycles. The summed E-state index contributed by atoms with van der Waals surface area (Å²) in [4.78, 5) is 10.5. The fourth-order valence-electron chi connectivity index (χ4n) is 1.95. The molecule has 2 rings (SSSR count). The lowest BCUT2D eigenvalue weighted by atomic mass is 10.1. The van der Waals surface area contributed by atoms with Crippen LogP contribution in [0, 0.1) is 17.0 Å². The summed E-state index contributed by atoms with van der Waals surface area (Å²) in [5.41, 5.74) is 0.914. The van der Waals surface area contributed by atoms with Gasteiger partial charge in [0.2, 0.25) is 5.76 Å². The molecule has 0 amide bonds. The molecule has 0 unspecified atom stereocenters. The highest BCUT2D eigenvalue weighted by Crippen LogP contribution is 2.29. The number of nitrogens with zero attached hydrogens (tertiary/aromatic N) is 2. The van der Waals surface area contributed by atoms with Crippen LogP contribution in [0.1, 0.15) is 23.9 Å². The Kier molecular flexibility index (Phi) is 4.77. The average Bonchev–Trinajstić information content (AvgIpc) is 2.87. The van der Waals surface area contributed by atoms with Gasteiger partial charge >= 0.3 is 5.69 Å². The van der Waals surface area contributed by atoms with Crippen molar-refractivity contribution in [3.63, 3.8) is 0 Å². The second-order valence-electron chi connectivity index (χ2n) is 4.41. The van der Waals surface area contributed by atoms with Crippen molar-refractivity contribution in [3.05, 3.63) is 45.3 Å². The predicted octanol–water partition coefficient (Wildman–Crippen LogP) is 3.47. The molecule has 0 spiro atoms. The largest absolute Gasteiger partial charge is 0.493 e. The Morgan fingerprint density at radius 3 is 2.77 bits per heavy atom. The van der Waals surface area contributed by atoms with Crippen LogP contribution in [-0.2, 0) is 0 Å². The van der Waals surface area contributed by atoms with Gasteiger partial charge in [0, 0.05) is 0 Å². The molecule has 0 fully saturated rings. The maximum atomic E-state index is 11.0. The van der Waals surface area contributed by atoms with Crippen molar-refractivity contribution in [2.24, 2.45) is 0 Å². The summed E-state index contributed by atoms with van der Waals surface area (Å²) >= 11 is 0. The van der Waals surface area contributed by atoms with E-state index in [4.69, 9.17) is 14.0 Å². The van der Waals surface area contributed by atoms with E-state index in [0.717, 1.165) is 5.56 Å². The van der Waals surface area contributed by atoms with Crippen LogP contribution in [0.4, 0.5) is 5.69 Å². The molecule has 0 bridgehead atoms. The summed E-state index contributed by atoms with van der Waals surface area (Å²) in [6.45, 7) is 3.92. The molecular weight excluding hydrogens is 288 g/mol. The topological polar surface area (TPSA) is 87.6 Å². The van der Waals surface area contributed by atoms with E-state index in [1.807, 2.05) is 13.0 Å². The van der Waals surface area contributed by atoms with Crippen molar-refractivity contribution in [1.82, 2.24) is 5.16 Å². The maximum absolute atomic E-state index is 11.0. The highest BCUT2D eigenvalue weighted by molar-refractivity contribution is 5.72. The Bertz CT molecular complexity index is 706. The van der Waals surface area contributed by atoms with E-state index in [9.17, 15) is 10.1 Å². The Labute approximate surface area is 127 Å². The van der Waals surface area contributed by atoms with Gasteiger partial charge in [-0.25, -0.2) is 0 Å². The highest BCUT2D eigenvalue weighted by Gasteiger charge is 2.21. The number of aromatic nitrogens is 1. The summed E-state index contributed by atoms with van der Waals surface area (Å²) in [5, 5.41) is 14.6. The quantitative estimate of drug-likeness (QED) is 0.600. The zero-order valence-electron chi connectivity index (χ0n) is 12.5. The molecule has 0 aliphatic carbocycles. The molecule has 0 aliphatic rings. The SMILES string of the molecule is CCOc1cc(/C=C\c2onc(C)c2[N+](=O)[O-])ccc1OC. The number of ether oxygens (including phenoxy) is 2. The predicted molar refractivity (Wildman–Crippen MR) is 81.0 cm³/mol. The molecule has 0 N–H and O–H groups in total. The minimum atomic E-state index is -0.509. The zero-order valence-corrected chi connectivity index (χ0v) is 12.5. The molecular formula is C15H16N2O5. The molecule has 1 aromatic heterocycles. The number of hydrogen-bond acceptors (Lipinski definition) is 6. The molecule has 2 aromatic rings. The third-order valence-corrected chi connectivity index (χ3v) is 2.95. The fourth-order valence-corrected chi connectivity index (χ4v) is 1.95. The molecule has 7 nitrogen and oxygen atoms in total. The van der Waals surface area contributed by atoms with Gasteiger partial charge in [0.25, 0.3) is 0 Å². The molecule has 22 heavy (non-hydrogen) atoms. The van der Waals surface area contributed by atoms with Gasteiger partial charge in [-0.1, -0.05) is 17.3 Å². The number of methoxy groups -OCH3 is 1. The molecule has 0 radical (unpaired) electrons. The molecule has 1 aromatic carbocycles. The van der Waals surface area contributed by atoms with E-state index in [1.54, 1.807) is 25.3 Å². The first-order valence-electron chi connectivity index (χ1n) is 6.66. The number of nitro groups is 1. The maximum Gasteiger partial charge on any atom is 0.338 e. The standard InChI is InChI=1S/C15H16N2O5/c1-4-21-14-9-11(5-7-12(14)20-3)6-8-13-15(17(18)19)10(2)16-22-13/h5-9H,4H2,1-3H3/b8-6-. The van der Waals surface area contributed by atoms with Crippen molar-refractivity contribution in [3.8, 4) is 11.5 Å². The molecule has 0 saturated heterocycles. The van der Waals surface area contributed by atoms with Crippen molar-refractivity contribution in [1.29, 1.82) is 0 Å². The van der Waals surface area contributed by atoms with Crippen LogP contribution < -0.4 is 9.47 Å². The van der Waals surface area contributed by atoms with Crippen LogP contribution in [0.5, 0.6) is 11.5 Å². The monoisotopic (exact) mass is 304 g/mol. The average molecular weight is 304 g/mol. The van der Waals surface area contributed by atoms with E-state index in [0.29, 0.717) is 18.1 Å². The van der Waals surface area contributed by atoms with Crippen molar-refractivity contribution in [2.75, 3.05) is 13.7 Å². The second kappa shape index (κ2) is 6.75. The number of rotatable bonds is 6. The van der Waals surface area contributed by atoms with Crippen molar-refractivity contribution >= 4 is 17.8 Å². The van der Waals surface area contributed by atoms with Gasteiger partial charge in [0.1, 0.15) is 0 Å². The first kappa shape index (κ1) is 15.6. The third kappa shape index (κ3) is 3.25. The minimum absolute atomic E-state index is 0.108. The van der Waals surface area contributed by atoms with Gasteiger partial charge in [-0.2, -0.15) is 0 Å². The van der Waals surface area contributed by atoms with Gasteiger partial charge in [0.15, 0.2) is 17.2 Å². The molecule has 1 heterocycles. The van der Waals surface area contributed by atoms with Crippen molar-refractivity contribution < 1.29 is 18.9 Å². The van der Waals surface area contributed by atoms with E-state index < -0.39 is 4.92 Å². The second-order valence-corrected chi connectivity index (χ2v) is 4.41. The summed E-state index contributed by atoms with van der Waals surface area (Å²) in [7, 11) is 1.56. The van der Waals surface area contributed by atoms with Gasteiger partial charge in [-0.15, -0.1) is 0 Å². The number of aryl methyl sites for hydroxylation is 1. The smallest absolute Gasteiger partial charge is 0.338 e. The Balaban J connectivity index is 2.31. The number of benzene rings is 1. The molecule has 116 valence electrons. The molecule has 7 heteroatoms. The summed E-state index contributed by atoms with van der Waals surface area (Å²) in [6, 6.07) is 5.37. The Morgan fingerprint density at radius 2 is 2.14 bits per heavy atom. The van der Waals surface area contributed by atoms with Gasteiger partial charge < -0.3 is 14.0 Å². The van der Waals surface area contributed by atoms with Crippen molar-refractivity contribution in [2.45, 2.75) is 13.8 Å². The van der Waals surface area contributed by atoms with E-state index in [1.165, 1.54) is 13.0 Å². The molecule has 0 aliphatic heterocycles. The van der Waals surface area contributed by atoms with E-state index in [2.05, 4.69) is 5.16 Å². The summed E-state index contributed by atoms with van der Waals surface area (Å²) < 4.78 is 15.7. The Morgan fingerprint density at radius 1 is 1.36 bits per heavy atom. The summed E-state index contributed by atoms with van der Waals surface area (Å²) in [5.74, 6) is 1.34. The van der Waals surface area contributed by atoms with Crippen LogP contribution in [-0.4, -0.2) is 23.8 Å². The van der Waals surface area contributed by atoms with Crippen LogP contribution in [0.2, 0.25) is 0 Å². The zero-order chi connectivity index (χ0) is 16.1. The van der Waals surface area contributed by atoms with Crippen LogP contribution >= 0.6 is 0 Å². The lowest BCUT2D eigenvalue weighted by molar-refractivity contribution is -0.386. The highest BCUT2D eigenvalue weighted by atomic mass is 16.6. The van der Waals surface area contributed by atoms with Crippen LogP contribution in [0.3, 0.4) is 0 Å². The lowest BCUT2D eigenvalue weighted by Crippen LogP contribution is -1.95. The van der Waals surface area contributed by atoms with E-state index >= 15 is 0 Å². The number of hydrogen-bond donors (Lipinski definition) is 0. The van der Waals surface area contributed by atoms with Crippen LogP contribution in [0.15, 0.2) is 22.7 Å². The summed E-state index contributed by atoms with van der Waals surface area (Å²) in [6.07, 6.45) is 3.20. The van der Waals surface area contributed by atoms with Gasteiger partial charge in [-0.05, 0) is 37.6 Å².